The van der Waals surface area contributed by atoms with Gasteiger partial charge in [0.2, 0.25) is 0 Å². The SMILES string of the molecule is O=C(c1ccco1)N(Cc1cnc2ccccc2c1)C1CC1. The number of hydrogen-bond acceptors (Lipinski definition) is 3. The number of furan rings is 1. The standard InChI is InChI=1S/C18H16N2O2/c21-18(17-6-3-9-22-17)20(15-7-8-15)12-13-10-14-4-1-2-5-16(14)19-11-13/h1-6,9-11,15H,7-8,12H2. The van der Waals surface area contributed by atoms with Gasteiger partial charge in [0.25, 0.3) is 5.91 Å². The van der Waals surface area contributed by atoms with Crippen LogP contribution >= 0.6 is 0 Å². The molecule has 0 atom stereocenters. The summed E-state index contributed by atoms with van der Waals surface area (Å²) in [4.78, 5) is 18.9. The first kappa shape index (κ1) is 13.1. The van der Waals surface area contributed by atoms with Crippen molar-refractivity contribution >= 4 is 16.8 Å². The molecule has 110 valence electrons. The Labute approximate surface area is 128 Å². The summed E-state index contributed by atoms with van der Waals surface area (Å²) in [6, 6.07) is 13.9. The van der Waals surface area contributed by atoms with E-state index in [9.17, 15) is 4.79 Å². The lowest BCUT2D eigenvalue weighted by atomic mass is 10.1. The van der Waals surface area contributed by atoms with Gasteiger partial charge in [-0.15, -0.1) is 0 Å². The normalized spacial score (nSPS) is 14.2. The molecule has 1 aliphatic rings. The Balaban J connectivity index is 1.62. The molecule has 2 heterocycles. The second-order valence-corrected chi connectivity index (χ2v) is 5.68. The van der Waals surface area contributed by atoms with Crippen molar-refractivity contribution in [3.8, 4) is 0 Å². The molecule has 1 aliphatic carbocycles. The molecule has 1 amide bonds. The Morgan fingerprint density at radius 1 is 1.23 bits per heavy atom. The second kappa shape index (κ2) is 5.30. The number of pyridine rings is 1. The zero-order valence-corrected chi connectivity index (χ0v) is 12.1. The predicted molar refractivity (Wildman–Crippen MR) is 83.3 cm³/mol. The molecule has 22 heavy (non-hydrogen) atoms. The summed E-state index contributed by atoms with van der Waals surface area (Å²) >= 11 is 0. The van der Waals surface area contributed by atoms with Crippen molar-refractivity contribution in [2.24, 2.45) is 0 Å². The van der Waals surface area contributed by atoms with E-state index in [4.69, 9.17) is 4.42 Å². The summed E-state index contributed by atoms with van der Waals surface area (Å²) < 4.78 is 5.26. The van der Waals surface area contributed by atoms with Gasteiger partial charge in [-0.2, -0.15) is 0 Å². The lowest BCUT2D eigenvalue weighted by molar-refractivity contribution is 0.0697. The molecule has 2 aromatic heterocycles. The zero-order valence-electron chi connectivity index (χ0n) is 12.1. The average Bonchev–Trinajstić information content (AvgIpc) is 3.25. The number of nitrogens with zero attached hydrogens (tertiary/aromatic N) is 2. The molecule has 0 aliphatic heterocycles. The molecule has 0 bridgehead atoms. The van der Waals surface area contributed by atoms with Gasteiger partial charge in [-0.25, -0.2) is 0 Å². The van der Waals surface area contributed by atoms with Gasteiger partial charge in [-0.1, -0.05) is 18.2 Å². The molecule has 4 nitrogen and oxygen atoms in total. The maximum atomic E-state index is 12.6. The molecule has 1 saturated carbocycles. The Bertz CT molecular complexity index is 807. The largest absolute Gasteiger partial charge is 0.459 e. The fourth-order valence-electron chi connectivity index (χ4n) is 2.69. The lowest BCUT2D eigenvalue weighted by Gasteiger charge is -2.21. The minimum absolute atomic E-state index is 0.0411. The highest BCUT2D eigenvalue weighted by molar-refractivity contribution is 5.92. The molecule has 3 aromatic rings. The summed E-state index contributed by atoms with van der Waals surface area (Å²) in [6.45, 7) is 0.571. The number of hydrogen-bond donors (Lipinski definition) is 0. The van der Waals surface area contributed by atoms with Crippen molar-refractivity contribution in [1.82, 2.24) is 9.88 Å². The van der Waals surface area contributed by atoms with Crippen LogP contribution in [0.4, 0.5) is 0 Å². The lowest BCUT2D eigenvalue weighted by Crippen LogP contribution is -2.32. The van der Waals surface area contributed by atoms with Crippen LogP contribution in [0.1, 0.15) is 29.0 Å². The highest BCUT2D eigenvalue weighted by Crippen LogP contribution is 2.30. The molecule has 0 unspecified atom stereocenters. The van der Waals surface area contributed by atoms with Crippen molar-refractivity contribution in [3.63, 3.8) is 0 Å². The highest BCUT2D eigenvalue weighted by Gasteiger charge is 2.34. The van der Waals surface area contributed by atoms with Gasteiger partial charge in [-0.05, 0) is 42.7 Å². The van der Waals surface area contributed by atoms with Crippen molar-refractivity contribution in [1.29, 1.82) is 0 Å². The highest BCUT2D eigenvalue weighted by atomic mass is 16.3. The first-order valence-corrected chi connectivity index (χ1v) is 7.49. The average molecular weight is 292 g/mol. The minimum Gasteiger partial charge on any atom is -0.459 e. The molecule has 4 heteroatoms. The van der Waals surface area contributed by atoms with E-state index >= 15 is 0 Å². The Hall–Kier alpha value is -2.62. The molecular weight excluding hydrogens is 276 g/mol. The number of fused-ring (bicyclic) bond motifs is 1. The summed E-state index contributed by atoms with van der Waals surface area (Å²) in [7, 11) is 0. The van der Waals surface area contributed by atoms with Crippen molar-refractivity contribution in [2.75, 3.05) is 0 Å². The first-order valence-electron chi connectivity index (χ1n) is 7.49. The van der Waals surface area contributed by atoms with E-state index in [2.05, 4.69) is 11.1 Å². The van der Waals surface area contributed by atoms with E-state index in [-0.39, 0.29) is 5.91 Å². The number of rotatable bonds is 4. The third-order valence-electron chi connectivity index (χ3n) is 3.98. The topological polar surface area (TPSA) is 46.3 Å². The number of benzene rings is 1. The van der Waals surface area contributed by atoms with Gasteiger partial charge in [0, 0.05) is 24.2 Å². The second-order valence-electron chi connectivity index (χ2n) is 5.68. The minimum atomic E-state index is -0.0411. The number of amides is 1. The van der Waals surface area contributed by atoms with Crippen LogP contribution in [0.3, 0.4) is 0 Å². The van der Waals surface area contributed by atoms with Crippen LogP contribution in [-0.2, 0) is 6.54 Å². The molecule has 4 rings (SSSR count). The predicted octanol–water partition coefficient (Wildman–Crippen LogP) is 3.63. The smallest absolute Gasteiger partial charge is 0.290 e. The van der Waals surface area contributed by atoms with Crippen LogP contribution in [0.15, 0.2) is 59.3 Å². The van der Waals surface area contributed by atoms with Crippen LogP contribution < -0.4 is 0 Å². The van der Waals surface area contributed by atoms with Crippen LogP contribution in [0, 0.1) is 0 Å². The van der Waals surface area contributed by atoms with Crippen LogP contribution in [0.2, 0.25) is 0 Å². The molecule has 1 fully saturated rings. The van der Waals surface area contributed by atoms with Crippen LogP contribution in [0.25, 0.3) is 10.9 Å². The van der Waals surface area contributed by atoms with E-state index in [1.807, 2.05) is 35.4 Å². The quantitative estimate of drug-likeness (QED) is 0.737. The van der Waals surface area contributed by atoms with Crippen molar-refractivity contribution in [2.45, 2.75) is 25.4 Å². The third-order valence-corrected chi connectivity index (χ3v) is 3.98. The molecule has 0 spiro atoms. The molecule has 0 radical (unpaired) electrons. The molecule has 1 aromatic carbocycles. The fourth-order valence-corrected chi connectivity index (χ4v) is 2.69. The molecule has 0 N–H and O–H groups in total. The maximum absolute atomic E-state index is 12.6. The van der Waals surface area contributed by atoms with Crippen molar-refractivity contribution in [3.05, 3.63) is 66.2 Å². The van der Waals surface area contributed by atoms with E-state index in [0.29, 0.717) is 18.3 Å². The summed E-state index contributed by atoms with van der Waals surface area (Å²) in [5, 5.41) is 1.10. The van der Waals surface area contributed by atoms with Gasteiger partial charge in [0.1, 0.15) is 0 Å². The van der Waals surface area contributed by atoms with E-state index < -0.39 is 0 Å². The Kier molecular flexibility index (Phi) is 3.15. The van der Waals surface area contributed by atoms with E-state index in [0.717, 1.165) is 29.3 Å². The zero-order chi connectivity index (χ0) is 14.9. The van der Waals surface area contributed by atoms with Gasteiger partial charge < -0.3 is 9.32 Å². The Morgan fingerprint density at radius 2 is 2.09 bits per heavy atom. The summed E-state index contributed by atoms with van der Waals surface area (Å²) in [5.74, 6) is 0.362. The van der Waals surface area contributed by atoms with Gasteiger partial charge in [0.05, 0.1) is 11.8 Å². The third kappa shape index (κ3) is 2.48. The maximum Gasteiger partial charge on any atom is 0.290 e. The fraction of sp³-hybridized carbons (Fsp3) is 0.222. The number of carbonyl (C=O) groups excluding carboxylic acids is 1. The van der Waals surface area contributed by atoms with E-state index in [1.165, 1.54) is 6.26 Å². The number of aromatic nitrogens is 1. The van der Waals surface area contributed by atoms with Crippen molar-refractivity contribution < 1.29 is 9.21 Å². The molecule has 0 saturated heterocycles. The Morgan fingerprint density at radius 3 is 2.86 bits per heavy atom. The number of para-hydroxylation sites is 1. The van der Waals surface area contributed by atoms with E-state index in [1.54, 1.807) is 12.1 Å². The van der Waals surface area contributed by atoms with Gasteiger partial charge in [0.15, 0.2) is 5.76 Å². The van der Waals surface area contributed by atoms with Gasteiger partial charge in [-0.3, -0.25) is 9.78 Å². The molecular formula is C18H16N2O2. The van der Waals surface area contributed by atoms with Crippen LogP contribution in [0.5, 0.6) is 0 Å². The van der Waals surface area contributed by atoms with Gasteiger partial charge >= 0.3 is 0 Å². The summed E-state index contributed by atoms with van der Waals surface area (Å²) in [6.07, 6.45) is 5.52. The summed E-state index contributed by atoms with van der Waals surface area (Å²) in [5.41, 5.74) is 2.02. The van der Waals surface area contributed by atoms with Crippen LogP contribution in [-0.4, -0.2) is 21.8 Å². The number of carbonyl (C=O) groups is 1. The first-order chi connectivity index (χ1) is 10.8. The monoisotopic (exact) mass is 292 g/mol.